The molecule has 1 saturated heterocycles. The van der Waals surface area contributed by atoms with E-state index in [2.05, 4.69) is 9.59 Å². The van der Waals surface area contributed by atoms with Crippen LogP contribution in [0.3, 0.4) is 0 Å². The average Bonchev–Trinajstić information content (AvgIpc) is 2.75. The van der Waals surface area contributed by atoms with Gasteiger partial charge in [-0.3, -0.25) is 4.79 Å². The van der Waals surface area contributed by atoms with Crippen molar-refractivity contribution in [3.05, 3.63) is 10.6 Å². The maximum Gasteiger partial charge on any atom is 0.267 e. The lowest BCUT2D eigenvalue weighted by atomic mass is 10.2. The molecule has 0 aromatic carbocycles. The predicted molar refractivity (Wildman–Crippen MR) is 65.6 cm³/mol. The topological polar surface area (TPSA) is 55.3 Å². The highest BCUT2D eigenvalue weighted by molar-refractivity contribution is 7.07. The summed E-state index contributed by atoms with van der Waals surface area (Å²) in [5, 5.41) is 3.86. The van der Waals surface area contributed by atoms with E-state index in [9.17, 15) is 4.79 Å². The zero-order valence-electron chi connectivity index (χ0n) is 9.72. The molecule has 1 aliphatic rings. The summed E-state index contributed by atoms with van der Waals surface area (Å²) in [6, 6.07) is 0.0588. The van der Waals surface area contributed by atoms with E-state index < -0.39 is 0 Å². The molecule has 0 radical (unpaired) electrons. The Morgan fingerprint density at radius 3 is 3.06 bits per heavy atom. The molecule has 7 heteroatoms. The van der Waals surface area contributed by atoms with Crippen LogP contribution in [0.1, 0.15) is 22.3 Å². The minimum Gasteiger partial charge on any atom is -0.373 e. The third kappa shape index (κ3) is 2.59. The molecular formula is C10H14ClN3O2S. The molecule has 0 aliphatic carbocycles. The molecule has 2 unspecified atom stereocenters. The molecule has 2 rings (SSSR count). The summed E-state index contributed by atoms with van der Waals surface area (Å²) in [4.78, 5) is 14.7. The number of aromatic nitrogens is 2. The number of carbonyl (C=O) groups excluding carboxylic acids is 1. The number of halogens is 1. The number of rotatable bonds is 2. The van der Waals surface area contributed by atoms with Gasteiger partial charge in [-0.25, -0.2) is 0 Å². The Balaban J connectivity index is 2.15. The van der Waals surface area contributed by atoms with Gasteiger partial charge in [0.1, 0.15) is 4.88 Å². The highest BCUT2D eigenvalue weighted by Crippen LogP contribution is 2.19. The van der Waals surface area contributed by atoms with Crippen molar-refractivity contribution in [1.82, 2.24) is 14.5 Å². The zero-order valence-corrected chi connectivity index (χ0v) is 11.3. The van der Waals surface area contributed by atoms with Crippen LogP contribution < -0.4 is 0 Å². The van der Waals surface area contributed by atoms with Gasteiger partial charge in [0.15, 0.2) is 0 Å². The van der Waals surface area contributed by atoms with Crippen molar-refractivity contribution >= 4 is 29.0 Å². The van der Waals surface area contributed by atoms with E-state index >= 15 is 0 Å². The van der Waals surface area contributed by atoms with E-state index in [1.54, 1.807) is 11.8 Å². The number of morpholine rings is 1. The quantitative estimate of drug-likeness (QED) is 0.764. The van der Waals surface area contributed by atoms with Crippen molar-refractivity contribution in [2.24, 2.45) is 0 Å². The lowest BCUT2D eigenvalue weighted by Crippen LogP contribution is -2.51. The number of hydrogen-bond acceptors (Lipinski definition) is 5. The highest BCUT2D eigenvalue weighted by atomic mass is 35.5. The van der Waals surface area contributed by atoms with Crippen molar-refractivity contribution in [2.45, 2.75) is 26.0 Å². The van der Waals surface area contributed by atoms with Gasteiger partial charge in [0.05, 0.1) is 30.3 Å². The summed E-state index contributed by atoms with van der Waals surface area (Å²) >= 11 is 6.91. The molecule has 94 valence electrons. The summed E-state index contributed by atoms with van der Waals surface area (Å²) in [7, 11) is 0. The smallest absolute Gasteiger partial charge is 0.267 e. The molecule has 1 aromatic heterocycles. The van der Waals surface area contributed by atoms with Gasteiger partial charge in [-0.15, -0.1) is 16.7 Å². The maximum absolute atomic E-state index is 12.3. The van der Waals surface area contributed by atoms with Crippen LogP contribution in [0.15, 0.2) is 0 Å². The molecule has 1 aliphatic heterocycles. The van der Waals surface area contributed by atoms with E-state index in [0.717, 1.165) is 11.5 Å². The number of nitrogens with zero attached hydrogens (tertiary/aromatic N) is 3. The molecule has 0 saturated carbocycles. The Kier molecular flexibility index (Phi) is 3.96. The van der Waals surface area contributed by atoms with Crippen LogP contribution in [0.25, 0.3) is 0 Å². The minimum atomic E-state index is -0.0852. The van der Waals surface area contributed by atoms with Crippen LogP contribution in [-0.2, 0) is 4.74 Å². The number of carbonyl (C=O) groups is 1. The van der Waals surface area contributed by atoms with Crippen molar-refractivity contribution in [1.29, 1.82) is 0 Å². The standard InChI is InChI=1S/C10H14ClN3O2S/c1-6-5-16-8(3-11)4-14(6)10(15)9-7(2)12-13-17-9/h6,8H,3-5H2,1-2H3. The van der Waals surface area contributed by atoms with Crippen LogP contribution in [0.4, 0.5) is 0 Å². The molecule has 1 aromatic rings. The number of alkyl halides is 1. The van der Waals surface area contributed by atoms with Crippen LogP contribution in [0.2, 0.25) is 0 Å². The first-order valence-corrected chi connectivity index (χ1v) is 6.71. The Morgan fingerprint density at radius 1 is 1.71 bits per heavy atom. The fraction of sp³-hybridized carbons (Fsp3) is 0.700. The fourth-order valence-corrected chi connectivity index (χ4v) is 2.55. The van der Waals surface area contributed by atoms with Gasteiger partial charge in [-0.2, -0.15) is 0 Å². The molecule has 0 N–H and O–H groups in total. The van der Waals surface area contributed by atoms with Gasteiger partial charge in [0.25, 0.3) is 5.91 Å². The van der Waals surface area contributed by atoms with Gasteiger partial charge in [-0.05, 0) is 25.4 Å². The van der Waals surface area contributed by atoms with Gasteiger partial charge < -0.3 is 9.64 Å². The molecule has 5 nitrogen and oxygen atoms in total. The molecule has 1 amide bonds. The second-order valence-corrected chi connectivity index (χ2v) is 5.17. The van der Waals surface area contributed by atoms with Crippen LogP contribution >= 0.6 is 23.1 Å². The first kappa shape index (κ1) is 12.7. The van der Waals surface area contributed by atoms with Crippen molar-refractivity contribution < 1.29 is 9.53 Å². The molecule has 0 spiro atoms. The largest absolute Gasteiger partial charge is 0.373 e. The summed E-state index contributed by atoms with van der Waals surface area (Å²) < 4.78 is 9.30. The van der Waals surface area contributed by atoms with E-state index in [1.807, 2.05) is 6.92 Å². The van der Waals surface area contributed by atoms with Gasteiger partial charge >= 0.3 is 0 Å². The van der Waals surface area contributed by atoms with E-state index in [0.29, 0.717) is 29.6 Å². The Hall–Kier alpha value is -0.720. The summed E-state index contributed by atoms with van der Waals surface area (Å²) in [6.45, 7) is 4.81. The summed E-state index contributed by atoms with van der Waals surface area (Å²) in [6.07, 6.45) is -0.0852. The van der Waals surface area contributed by atoms with E-state index in [4.69, 9.17) is 16.3 Å². The Morgan fingerprint density at radius 2 is 2.47 bits per heavy atom. The molecule has 1 fully saturated rings. The van der Waals surface area contributed by atoms with Crippen molar-refractivity contribution in [3.63, 3.8) is 0 Å². The second-order valence-electron chi connectivity index (χ2n) is 4.10. The number of ether oxygens (including phenoxy) is 1. The van der Waals surface area contributed by atoms with Crippen molar-refractivity contribution in [3.8, 4) is 0 Å². The molecule has 17 heavy (non-hydrogen) atoms. The SMILES string of the molecule is Cc1nnsc1C(=O)N1CC(CCl)OCC1C. The fourth-order valence-electron chi connectivity index (χ4n) is 1.75. The molecule has 2 heterocycles. The first-order chi connectivity index (χ1) is 8.13. The Bertz CT molecular complexity index is 412. The minimum absolute atomic E-state index is 0.0246. The van der Waals surface area contributed by atoms with Crippen LogP contribution in [-0.4, -0.2) is 51.6 Å². The van der Waals surface area contributed by atoms with E-state index in [-0.39, 0.29) is 18.1 Å². The Labute approximate surface area is 109 Å². The highest BCUT2D eigenvalue weighted by Gasteiger charge is 2.31. The van der Waals surface area contributed by atoms with Gasteiger partial charge in [-0.1, -0.05) is 4.49 Å². The third-order valence-electron chi connectivity index (χ3n) is 2.78. The average molecular weight is 276 g/mol. The molecule has 0 bridgehead atoms. The predicted octanol–water partition coefficient (Wildman–Crippen LogP) is 1.31. The summed E-state index contributed by atoms with van der Waals surface area (Å²) in [5.74, 6) is 0.375. The van der Waals surface area contributed by atoms with Gasteiger partial charge in [0.2, 0.25) is 0 Å². The lowest BCUT2D eigenvalue weighted by molar-refractivity contribution is -0.0370. The van der Waals surface area contributed by atoms with Gasteiger partial charge in [0, 0.05) is 6.54 Å². The first-order valence-electron chi connectivity index (χ1n) is 5.41. The second kappa shape index (κ2) is 5.29. The van der Waals surface area contributed by atoms with Crippen LogP contribution in [0.5, 0.6) is 0 Å². The van der Waals surface area contributed by atoms with E-state index in [1.165, 1.54) is 0 Å². The molecular weight excluding hydrogens is 262 g/mol. The number of amides is 1. The molecule has 2 atom stereocenters. The monoisotopic (exact) mass is 275 g/mol. The zero-order chi connectivity index (χ0) is 12.4. The van der Waals surface area contributed by atoms with Crippen LogP contribution in [0, 0.1) is 6.92 Å². The third-order valence-corrected chi connectivity index (χ3v) is 3.94. The summed E-state index contributed by atoms with van der Waals surface area (Å²) in [5.41, 5.74) is 0.682. The normalized spacial score (nSPS) is 25.0. The van der Waals surface area contributed by atoms with Crippen molar-refractivity contribution in [2.75, 3.05) is 19.0 Å². The number of hydrogen-bond donors (Lipinski definition) is 0. The maximum atomic E-state index is 12.3. The lowest BCUT2D eigenvalue weighted by Gasteiger charge is -2.37. The number of aryl methyl sites for hydroxylation is 1.